The highest BCUT2D eigenvalue weighted by molar-refractivity contribution is 5.14. The molecule has 1 aromatic heterocycles. The second-order valence-corrected chi connectivity index (χ2v) is 4.34. The van der Waals surface area contributed by atoms with Crippen LogP contribution >= 0.6 is 0 Å². The maximum absolute atomic E-state index is 9.95. The van der Waals surface area contributed by atoms with Gasteiger partial charge in [-0.25, -0.2) is 4.98 Å². The first-order valence-corrected chi connectivity index (χ1v) is 5.94. The number of imidazole rings is 1. The molecule has 0 amide bonds. The van der Waals surface area contributed by atoms with E-state index in [1.807, 2.05) is 36.0 Å². The zero-order valence-electron chi connectivity index (χ0n) is 10.1. The van der Waals surface area contributed by atoms with Crippen LogP contribution in [-0.4, -0.2) is 20.8 Å². The lowest BCUT2D eigenvalue weighted by Gasteiger charge is -2.10. The van der Waals surface area contributed by atoms with Gasteiger partial charge in [-0.1, -0.05) is 30.3 Å². The Labute approximate surface area is 102 Å². The summed E-state index contributed by atoms with van der Waals surface area (Å²) < 4.78 is 1.95. The lowest BCUT2D eigenvalue weighted by atomic mass is 10.0. The van der Waals surface area contributed by atoms with Crippen molar-refractivity contribution in [3.8, 4) is 0 Å². The second kappa shape index (κ2) is 5.64. The quantitative estimate of drug-likeness (QED) is 0.852. The number of benzene rings is 1. The number of aromatic nitrogens is 2. The van der Waals surface area contributed by atoms with Crippen LogP contribution in [-0.2, 0) is 19.9 Å². The number of aliphatic hydroxyl groups excluding tert-OH is 1. The molecular weight excluding hydrogens is 212 g/mol. The minimum atomic E-state index is -0.323. The van der Waals surface area contributed by atoms with E-state index in [1.54, 1.807) is 6.20 Å². The largest absolute Gasteiger partial charge is 0.393 e. The van der Waals surface area contributed by atoms with Gasteiger partial charge in [-0.15, -0.1) is 0 Å². The molecule has 3 heteroatoms. The molecule has 1 atom stereocenters. The van der Waals surface area contributed by atoms with E-state index in [4.69, 9.17) is 0 Å². The van der Waals surface area contributed by atoms with Crippen LogP contribution in [0.4, 0.5) is 0 Å². The zero-order chi connectivity index (χ0) is 12.1. The topological polar surface area (TPSA) is 38.0 Å². The Hall–Kier alpha value is -1.61. The Morgan fingerprint density at radius 1 is 1.29 bits per heavy atom. The maximum Gasteiger partial charge on any atom is 0.110 e. The zero-order valence-corrected chi connectivity index (χ0v) is 10.1. The van der Waals surface area contributed by atoms with Gasteiger partial charge in [-0.3, -0.25) is 0 Å². The summed E-state index contributed by atoms with van der Waals surface area (Å²) in [6.07, 6.45) is 5.65. The Balaban J connectivity index is 1.82. The highest BCUT2D eigenvalue weighted by Gasteiger charge is 2.08. The van der Waals surface area contributed by atoms with Crippen molar-refractivity contribution in [1.29, 1.82) is 0 Å². The van der Waals surface area contributed by atoms with Crippen LogP contribution < -0.4 is 0 Å². The molecule has 2 rings (SSSR count). The number of aryl methyl sites for hydroxylation is 2. The van der Waals surface area contributed by atoms with E-state index in [2.05, 4.69) is 17.1 Å². The van der Waals surface area contributed by atoms with Crippen LogP contribution in [0.25, 0.3) is 0 Å². The summed E-state index contributed by atoms with van der Waals surface area (Å²) in [7, 11) is 1.95. The minimum Gasteiger partial charge on any atom is -0.393 e. The number of rotatable bonds is 5. The van der Waals surface area contributed by atoms with Gasteiger partial charge in [0.05, 0.1) is 6.10 Å². The van der Waals surface area contributed by atoms with Crippen molar-refractivity contribution in [2.24, 2.45) is 7.05 Å². The van der Waals surface area contributed by atoms with Gasteiger partial charge in [0.25, 0.3) is 0 Å². The van der Waals surface area contributed by atoms with Gasteiger partial charge in [0, 0.05) is 25.9 Å². The van der Waals surface area contributed by atoms with Gasteiger partial charge in [-0.05, 0) is 18.4 Å². The van der Waals surface area contributed by atoms with E-state index in [9.17, 15) is 5.11 Å². The molecule has 17 heavy (non-hydrogen) atoms. The highest BCUT2D eigenvalue weighted by atomic mass is 16.3. The Bertz CT molecular complexity index is 450. The van der Waals surface area contributed by atoms with Crippen molar-refractivity contribution in [2.75, 3.05) is 0 Å². The molecule has 2 aromatic rings. The first-order valence-electron chi connectivity index (χ1n) is 5.94. The summed E-state index contributed by atoms with van der Waals surface area (Å²) in [4.78, 5) is 4.21. The molecule has 0 fully saturated rings. The highest BCUT2D eigenvalue weighted by Crippen LogP contribution is 2.08. The fourth-order valence-corrected chi connectivity index (χ4v) is 1.88. The number of aliphatic hydroxyl groups is 1. The summed E-state index contributed by atoms with van der Waals surface area (Å²) in [5.41, 5.74) is 1.27. The summed E-state index contributed by atoms with van der Waals surface area (Å²) in [5, 5.41) is 9.95. The lowest BCUT2D eigenvalue weighted by Crippen LogP contribution is -2.14. The predicted molar refractivity (Wildman–Crippen MR) is 67.7 cm³/mol. The first-order chi connectivity index (χ1) is 8.25. The second-order valence-electron chi connectivity index (χ2n) is 4.34. The SMILES string of the molecule is Cn1ccnc1CC(O)CCc1ccccc1. The van der Waals surface area contributed by atoms with E-state index in [-0.39, 0.29) is 6.10 Å². The van der Waals surface area contributed by atoms with Gasteiger partial charge in [-0.2, -0.15) is 0 Å². The summed E-state index contributed by atoms with van der Waals surface area (Å²) in [5.74, 6) is 0.936. The van der Waals surface area contributed by atoms with Crippen LogP contribution in [0.1, 0.15) is 17.8 Å². The van der Waals surface area contributed by atoms with E-state index < -0.39 is 0 Å². The van der Waals surface area contributed by atoms with Crippen molar-refractivity contribution in [1.82, 2.24) is 9.55 Å². The predicted octanol–water partition coefficient (Wildman–Crippen LogP) is 1.96. The molecule has 1 N–H and O–H groups in total. The van der Waals surface area contributed by atoms with Gasteiger partial charge in [0.2, 0.25) is 0 Å². The average molecular weight is 230 g/mol. The molecule has 0 radical (unpaired) electrons. The van der Waals surface area contributed by atoms with Gasteiger partial charge in [0.1, 0.15) is 5.82 Å². The van der Waals surface area contributed by atoms with Crippen LogP contribution in [0.2, 0.25) is 0 Å². The molecule has 1 heterocycles. The number of hydrogen-bond donors (Lipinski definition) is 1. The van der Waals surface area contributed by atoms with Crippen LogP contribution in [0.15, 0.2) is 42.7 Å². The third-order valence-corrected chi connectivity index (χ3v) is 2.95. The van der Waals surface area contributed by atoms with Gasteiger partial charge >= 0.3 is 0 Å². The molecule has 3 nitrogen and oxygen atoms in total. The van der Waals surface area contributed by atoms with Crippen LogP contribution in [0.3, 0.4) is 0 Å². The van der Waals surface area contributed by atoms with Crippen molar-refractivity contribution >= 4 is 0 Å². The molecule has 0 aliphatic carbocycles. The normalized spacial score (nSPS) is 12.6. The minimum absolute atomic E-state index is 0.323. The molecule has 0 aliphatic heterocycles. The Morgan fingerprint density at radius 2 is 2.06 bits per heavy atom. The van der Waals surface area contributed by atoms with Crippen LogP contribution in [0, 0.1) is 0 Å². The average Bonchev–Trinajstić information content (AvgIpc) is 2.74. The Morgan fingerprint density at radius 3 is 2.71 bits per heavy atom. The van der Waals surface area contributed by atoms with Crippen molar-refractivity contribution in [2.45, 2.75) is 25.4 Å². The molecule has 0 saturated heterocycles. The summed E-state index contributed by atoms with van der Waals surface area (Å²) >= 11 is 0. The van der Waals surface area contributed by atoms with Crippen molar-refractivity contribution < 1.29 is 5.11 Å². The number of hydrogen-bond acceptors (Lipinski definition) is 2. The van der Waals surface area contributed by atoms with E-state index in [0.717, 1.165) is 18.7 Å². The molecule has 0 saturated carbocycles. The molecule has 0 aliphatic rings. The van der Waals surface area contributed by atoms with Crippen molar-refractivity contribution in [3.63, 3.8) is 0 Å². The fraction of sp³-hybridized carbons (Fsp3) is 0.357. The molecule has 90 valence electrons. The molecule has 1 unspecified atom stereocenters. The fourth-order valence-electron chi connectivity index (χ4n) is 1.88. The Kier molecular flexibility index (Phi) is 3.94. The van der Waals surface area contributed by atoms with Crippen LogP contribution in [0.5, 0.6) is 0 Å². The lowest BCUT2D eigenvalue weighted by molar-refractivity contribution is 0.162. The van der Waals surface area contributed by atoms with Gasteiger partial charge < -0.3 is 9.67 Å². The molecule has 0 bridgehead atoms. The maximum atomic E-state index is 9.95. The van der Waals surface area contributed by atoms with Crippen molar-refractivity contribution in [3.05, 3.63) is 54.1 Å². The first kappa shape index (κ1) is 11.9. The van der Waals surface area contributed by atoms with E-state index in [1.165, 1.54) is 5.56 Å². The van der Waals surface area contributed by atoms with E-state index in [0.29, 0.717) is 6.42 Å². The molecule has 0 spiro atoms. The molecule has 1 aromatic carbocycles. The third kappa shape index (κ3) is 3.43. The smallest absolute Gasteiger partial charge is 0.110 e. The number of nitrogens with zero attached hydrogens (tertiary/aromatic N) is 2. The van der Waals surface area contributed by atoms with E-state index >= 15 is 0 Å². The third-order valence-electron chi connectivity index (χ3n) is 2.95. The monoisotopic (exact) mass is 230 g/mol. The summed E-state index contributed by atoms with van der Waals surface area (Å²) in [6, 6.07) is 10.2. The molecular formula is C14H18N2O. The standard InChI is InChI=1S/C14H18N2O/c1-16-10-9-15-14(16)11-13(17)8-7-12-5-3-2-4-6-12/h2-6,9-10,13,17H,7-8,11H2,1H3. The summed E-state index contributed by atoms with van der Waals surface area (Å²) in [6.45, 7) is 0. The van der Waals surface area contributed by atoms with Gasteiger partial charge in [0.15, 0.2) is 0 Å².